The van der Waals surface area contributed by atoms with Gasteiger partial charge in [0.2, 0.25) is 10.0 Å². The molecule has 0 atom stereocenters. The van der Waals surface area contributed by atoms with Crippen LogP contribution in [0, 0.1) is 0 Å². The molecule has 0 bridgehead atoms. The fourth-order valence-electron chi connectivity index (χ4n) is 3.28. The lowest BCUT2D eigenvalue weighted by Crippen LogP contribution is -2.50. The highest BCUT2D eigenvalue weighted by Gasteiger charge is 2.31. The summed E-state index contributed by atoms with van der Waals surface area (Å²) in [5, 5.41) is 5.18. The molecule has 1 saturated heterocycles. The number of aromatic nitrogens is 2. The molecule has 0 aliphatic carbocycles. The number of nitrogens with zero attached hydrogens (tertiary/aromatic N) is 4. The molecule has 1 fully saturated rings. The highest BCUT2D eigenvalue weighted by molar-refractivity contribution is 7.89. The molecule has 3 aromatic rings. The number of piperazine rings is 1. The number of rotatable bonds is 4. The van der Waals surface area contributed by atoms with E-state index in [9.17, 15) is 13.2 Å². The minimum atomic E-state index is -3.65. The normalized spacial score (nSPS) is 15.3. The van der Waals surface area contributed by atoms with Gasteiger partial charge in [0.1, 0.15) is 0 Å². The van der Waals surface area contributed by atoms with Gasteiger partial charge in [-0.2, -0.15) is 9.40 Å². The second-order valence-electron chi connectivity index (χ2n) is 6.81. The molecule has 1 aliphatic rings. The fraction of sp³-hybridized carbons (Fsp3) is 0.200. The number of halogens is 2. The topological polar surface area (TPSA) is 75.5 Å². The first kappa shape index (κ1) is 20.9. The number of hydrogen-bond donors (Lipinski definition) is 0. The number of hydrogen-bond acceptors (Lipinski definition) is 4. The molecule has 0 saturated carbocycles. The highest BCUT2D eigenvalue weighted by atomic mass is 35.5. The van der Waals surface area contributed by atoms with Crippen molar-refractivity contribution in [1.29, 1.82) is 0 Å². The van der Waals surface area contributed by atoms with E-state index in [0.29, 0.717) is 28.7 Å². The molecule has 0 spiro atoms. The molecule has 1 aliphatic heterocycles. The van der Waals surface area contributed by atoms with Gasteiger partial charge in [-0.15, -0.1) is 0 Å². The molecule has 4 rings (SSSR count). The fourth-order valence-corrected chi connectivity index (χ4v) is 5.19. The number of benzene rings is 2. The van der Waals surface area contributed by atoms with Crippen molar-refractivity contribution in [3.63, 3.8) is 0 Å². The minimum Gasteiger partial charge on any atom is -0.336 e. The van der Waals surface area contributed by atoms with Crippen molar-refractivity contribution >= 4 is 39.1 Å². The van der Waals surface area contributed by atoms with Gasteiger partial charge in [-0.05, 0) is 36.4 Å². The minimum absolute atomic E-state index is 0.151. The van der Waals surface area contributed by atoms with Crippen molar-refractivity contribution in [2.75, 3.05) is 26.2 Å². The van der Waals surface area contributed by atoms with Gasteiger partial charge in [-0.1, -0.05) is 35.3 Å². The van der Waals surface area contributed by atoms with Gasteiger partial charge in [0, 0.05) is 42.4 Å². The summed E-state index contributed by atoms with van der Waals surface area (Å²) in [4.78, 5) is 14.6. The van der Waals surface area contributed by atoms with Crippen LogP contribution in [-0.4, -0.2) is 59.5 Å². The number of sulfonamides is 1. The van der Waals surface area contributed by atoms with Crippen LogP contribution in [0.5, 0.6) is 0 Å². The van der Waals surface area contributed by atoms with E-state index in [-0.39, 0.29) is 23.9 Å². The van der Waals surface area contributed by atoms with E-state index in [1.807, 2.05) is 6.07 Å². The lowest BCUT2D eigenvalue weighted by atomic mass is 10.2. The summed E-state index contributed by atoms with van der Waals surface area (Å²) in [5.74, 6) is -0.192. The predicted octanol–water partition coefficient (Wildman–Crippen LogP) is 3.33. The molecule has 0 N–H and O–H groups in total. The first-order valence-electron chi connectivity index (χ1n) is 9.20. The van der Waals surface area contributed by atoms with Crippen LogP contribution in [0.15, 0.2) is 65.8 Å². The molecule has 2 aromatic carbocycles. The van der Waals surface area contributed by atoms with E-state index >= 15 is 0 Å². The molecular formula is C20H18Cl2N4O3S. The summed E-state index contributed by atoms with van der Waals surface area (Å²) in [7, 11) is -3.65. The third-order valence-corrected chi connectivity index (χ3v) is 7.23. The zero-order valence-corrected chi connectivity index (χ0v) is 18.1. The lowest BCUT2D eigenvalue weighted by Gasteiger charge is -2.33. The standard InChI is InChI=1S/C20H18Cl2N4O3S/c21-16-3-1-5-18(11-16)26-14-15(13-23-26)20(27)24-7-9-25(10-8-24)30(28,29)19-6-2-4-17(22)12-19/h1-6,11-14H,7-10H2. The summed E-state index contributed by atoms with van der Waals surface area (Å²) in [6.07, 6.45) is 3.14. The predicted molar refractivity (Wildman–Crippen MR) is 115 cm³/mol. The van der Waals surface area contributed by atoms with Gasteiger partial charge in [-0.25, -0.2) is 13.1 Å². The Hall–Kier alpha value is -2.39. The third-order valence-electron chi connectivity index (χ3n) is 4.86. The second kappa shape index (κ2) is 8.39. The Kier molecular flexibility index (Phi) is 5.84. The van der Waals surface area contributed by atoms with Crippen LogP contribution in [-0.2, 0) is 10.0 Å². The van der Waals surface area contributed by atoms with E-state index in [1.165, 1.54) is 22.6 Å². The maximum absolute atomic E-state index is 12.8. The largest absolute Gasteiger partial charge is 0.336 e. The number of carbonyl (C=O) groups is 1. The number of carbonyl (C=O) groups excluding carboxylic acids is 1. The van der Waals surface area contributed by atoms with Gasteiger partial charge in [-0.3, -0.25) is 4.79 Å². The van der Waals surface area contributed by atoms with Crippen LogP contribution >= 0.6 is 23.2 Å². The molecular weight excluding hydrogens is 447 g/mol. The van der Waals surface area contributed by atoms with Gasteiger partial charge in [0.15, 0.2) is 0 Å². The lowest BCUT2D eigenvalue weighted by molar-refractivity contribution is 0.0698. The average molecular weight is 465 g/mol. The molecule has 156 valence electrons. The Bertz CT molecular complexity index is 1190. The molecule has 0 radical (unpaired) electrons. The molecule has 7 nitrogen and oxygen atoms in total. The average Bonchev–Trinajstić information content (AvgIpc) is 3.24. The van der Waals surface area contributed by atoms with Gasteiger partial charge in [0.25, 0.3) is 5.91 Å². The van der Waals surface area contributed by atoms with Gasteiger partial charge in [0.05, 0.1) is 22.3 Å². The quantitative estimate of drug-likeness (QED) is 0.593. The maximum Gasteiger partial charge on any atom is 0.257 e. The summed E-state index contributed by atoms with van der Waals surface area (Å²) >= 11 is 11.9. The summed E-state index contributed by atoms with van der Waals surface area (Å²) in [6.45, 7) is 1.01. The Labute approximate surface area is 184 Å². The molecule has 10 heteroatoms. The van der Waals surface area contributed by atoms with Crippen LogP contribution in [0.25, 0.3) is 5.69 Å². The van der Waals surface area contributed by atoms with Gasteiger partial charge >= 0.3 is 0 Å². The number of amides is 1. The van der Waals surface area contributed by atoms with E-state index in [2.05, 4.69) is 5.10 Å². The Balaban J connectivity index is 1.44. The Morgan fingerprint density at radius 1 is 0.933 bits per heavy atom. The molecule has 2 heterocycles. The first-order valence-corrected chi connectivity index (χ1v) is 11.4. The van der Waals surface area contributed by atoms with Crippen molar-refractivity contribution in [2.24, 2.45) is 0 Å². The smallest absolute Gasteiger partial charge is 0.257 e. The van der Waals surface area contributed by atoms with Crippen molar-refractivity contribution in [3.8, 4) is 5.69 Å². The highest BCUT2D eigenvalue weighted by Crippen LogP contribution is 2.22. The first-order chi connectivity index (χ1) is 14.3. The van der Waals surface area contributed by atoms with Crippen LogP contribution in [0.2, 0.25) is 10.0 Å². The molecule has 30 heavy (non-hydrogen) atoms. The van der Waals surface area contributed by atoms with Crippen molar-refractivity contribution in [3.05, 3.63) is 76.5 Å². The maximum atomic E-state index is 12.8. The second-order valence-corrected chi connectivity index (χ2v) is 9.62. The van der Waals surface area contributed by atoms with E-state index in [1.54, 1.807) is 46.1 Å². The summed E-state index contributed by atoms with van der Waals surface area (Å²) < 4.78 is 28.6. The molecule has 1 amide bonds. The summed E-state index contributed by atoms with van der Waals surface area (Å²) in [5.41, 5.74) is 1.18. The van der Waals surface area contributed by atoms with E-state index < -0.39 is 10.0 Å². The zero-order valence-electron chi connectivity index (χ0n) is 15.8. The SMILES string of the molecule is O=C(c1cnn(-c2cccc(Cl)c2)c1)N1CCN(S(=O)(=O)c2cccc(Cl)c2)CC1. The van der Waals surface area contributed by atoms with Crippen molar-refractivity contribution in [2.45, 2.75) is 4.90 Å². The van der Waals surface area contributed by atoms with Crippen LogP contribution in [0.1, 0.15) is 10.4 Å². The van der Waals surface area contributed by atoms with E-state index in [0.717, 1.165) is 5.69 Å². The summed E-state index contributed by atoms with van der Waals surface area (Å²) in [6, 6.07) is 13.3. The van der Waals surface area contributed by atoms with Crippen LogP contribution < -0.4 is 0 Å². The van der Waals surface area contributed by atoms with Gasteiger partial charge < -0.3 is 4.90 Å². The Morgan fingerprint density at radius 2 is 1.60 bits per heavy atom. The van der Waals surface area contributed by atoms with Crippen LogP contribution in [0.4, 0.5) is 0 Å². The Morgan fingerprint density at radius 3 is 2.27 bits per heavy atom. The third kappa shape index (κ3) is 4.22. The monoisotopic (exact) mass is 464 g/mol. The van der Waals surface area contributed by atoms with Crippen molar-refractivity contribution < 1.29 is 13.2 Å². The van der Waals surface area contributed by atoms with E-state index in [4.69, 9.17) is 23.2 Å². The van der Waals surface area contributed by atoms with Crippen molar-refractivity contribution in [1.82, 2.24) is 19.0 Å². The molecule has 1 aromatic heterocycles. The van der Waals surface area contributed by atoms with Crippen LogP contribution in [0.3, 0.4) is 0 Å². The molecule has 0 unspecified atom stereocenters. The zero-order chi connectivity index (χ0) is 21.3.